The zero-order valence-corrected chi connectivity index (χ0v) is 7.50. The van der Waals surface area contributed by atoms with Crippen LogP contribution in [0.15, 0.2) is 0 Å². The summed E-state index contributed by atoms with van der Waals surface area (Å²) in [6, 6.07) is 0. The van der Waals surface area contributed by atoms with Crippen LogP contribution < -0.4 is 0 Å². The summed E-state index contributed by atoms with van der Waals surface area (Å²) in [5.41, 5.74) is 0. The Balaban J connectivity index is 4.42. The van der Waals surface area contributed by atoms with E-state index in [9.17, 15) is 8.42 Å². The molecule has 0 aliphatic rings. The normalized spacial score (nSPS) is 17.8. The second kappa shape index (κ2) is 4.04. The number of rotatable bonds is 4. The summed E-state index contributed by atoms with van der Waals surface area (Å²) < 4.78 is 29.7. The van der Waals surface area contributed by atoms with Crippen LogP contribution in [-0.4, -0.2) is 29.4 Å². The molecule has 0 heterocycles. The van der Waals surface area contributed by atoms with Crippen molar-refractivity contribution in [1.29, 1.82) is 0 Å². The fourth-order valence-corrected chi connectivity index (χ4v) is 1.95. The highest BCUT2D eigenvalue weighted by molar-refractivity contribution is 7.86. The van der Waals surface area contributed by atoms with Gasteiger partial charge in [-0.1, -0.05) is 13.8 Å². The molecule has 0 aromatic heterocycles. The fraction of sp³-hybridized carbons (Fsp3) is 1.00. The first-order valence-corrected chi connectivity index (χ1v) is 5.08. The molecule has 0 bridgehead atoms. The van der Waals surface area contributed by atoms with Gasteiger partial charge in [0.2, 0.25) is 0 Å². The molecule has 0 aliphatic heterocycles. The Bertz CT molecular complexity index is 197. The van der Waals surface area contributed by atoms with Crippen molar-refractivity contribution in [3.8, 4) is 0 Å². The van der Waals surface area contributed by atoms with Crippen LogP contribution in [0.5, 0.6) is 0 Å². The minimum absolute atomic E-state index is 0.230. The van der Waals surface area contributed by atoms with Crippen LogP contribution >= 0.6 is 0 Å². The van der Waals surface area contributed by atoms with E-state index in [4.69, 9.17) is 9.66 Å². The molecule has 0 fully saturated rings. The highest BCUT2D eigenvalue weighted by Gasteiger charge is 2.27. The molecule has 0 rings (SSSR count). The van der Waals surface area contributed by atoms with Crippen LogP contribution in [-0.2, 0) is 10.1 Å². The van der Waals surface area contributed by atoms with E-state index >= 15 is 0 Å². The monoisotopic (exact) mass is 182 g/mol. The van der Waals surface area contributed by atoms with Gasteiger partial charge >= 0.3 is 0 Å². The molecule has 0 amide bonds. The maximum absolute atomic E-state index is 10.6. The van der Waals surface area contributed by atoms with E-state index in [-0.39, 0.29) is 6.42 Å². The first-order chi connectivity index (χ1) is 4.93. The lowest BCUT2D eigenvalue weighted by atomic mass is 10.1. The second-order valence-corrected chi connectivity index (χ2v) is 4.07. The molecular weight excluding hydrogens is 168 g/mol. The van der Waals surface area contributed by atoms with Gasteiger partial charge in [-0.2, -0.15) is 8.42 Å². The lowest BCUT2D eigenvalue weighted by molar-refractivity contribution is 0.158. The Hall–Kier alpha value is -0.130. The Morgan fingerprint density at radius 2 is 1.73 bits per heavy atom. The largest absolute Gasteiger partial charge is 0.392 e. The predicted molar refractivity (Wildman–Crippen MR) is 41.9 cm³/mol. The smallest absolute Gasteiger partial charge is 0.270 e. The van der Waals surface area contributed by atoms with Gasteiger partial charge in [-0.25, -0.2) is 0 Å². The van der Waals surface area contributed by atoms with Crippen LogP contribution in [0.4, 0.5) is 0 Å². The lowest BCUT2D eigenvalue weighted by Gasteiger charge is -2.16. The van der Waals surface area contributed by atoms with Gasteiger partial charge in [-0.15, -0.1) is 0 Å². The van der Waals surface area contributed by atoms with Gasteiger partial charge in [0.15, 0.2) is 0 Å². The lowest BCUT2D eigenvalue weighted by Crippen LogP contribution is -2.32. The molecule has 0 saturated carbocycles. The molecule has 0 aromatic carbocycles. The van der Waals surface area contributed by atoms with Crippen molar-refractivity contribution in [2.24, 2.45) is 0 Å². The van der Waals surface area contributed by atoms with Gasteiger partial charge in [0.25, 0.3) is 10.1 Å². The molecule has 2 unspecified atom stereocenters. The minimum atomic E-state index is -4.08. The van der Waals surface area contributed by atoms with E-state index in [1.54, 1.807) is 13.8 Å². The van der Waals surface area contributed by atoms with Gasteiger partial charge in [0.05, 0.1) is 6.10 Å². The Kier molecular flexibility index (Phi) is 3.99. The highest BCUT2D eigenvalue weighted by atomic mass is 32.2. The van der Waals surface area contributed by atoms with Gasteiger partial charge in [-0.05, 0) is 12.8 Å². The van der Waals surface area contributed by atoms with E-state index in [1.165, 1.54) is 0 Å². The topological polar surface area (TPSA) is 74.6 Å². The molecule has 0 spiro atoms. The van der Waals surface area contributed by atoms with Crippen molar-refractivity contribution in [1.82, 2.24) is 0 Å². The third-order valence-corrected chi connectivity index (χ3v) is 3.05. The number of aliphatic hydroxyl groups excluding tert-OH is 1. The molecule has 68 valence electrons. The first-order valence-electron chi connectivity index (χ1n) is 3.57. The summed E-state index contributed by atoms with van der Waals surface area (Å²) in [5.74, 6) is 0. The van der Waals surface area contributed by atoms with Gasteiger partial charge in [-0.3, -0.25) is 4.55 Å². The summed E-state index contributed by atoms with van der Waals surface area (Å²) in [4.78, 5) is 0. The van der Waals surface area contributed by atoms with Crippen molar-refractivity contribution < 1.29 is 18.1 Å². The molecule has 0 aromatic rings. The number of hydrogen-bond acceptors (Lipinski definition) is 3. The zero-order chi connectivity index (χ0) is 9.07. The maximum atomic E-state index is 10.6. The first kappa shape index (κ1) is 10.9. The second-order valence-electron chi connectivity index (χ2n) is 2.44. The van der Waals surface area contributed by atoms with Crippen LogP contribution in [0.25, 0.3) is 0 Å². The molecule has 5 heteroatoms. The van der Waals surface area contributed by atoms with Gasteiger partial charge in [0.1, 0.15) is 5.25 Å². The zero-order valence-electron chi connectivity index (χ0n) is 6.69. The van der Waals surface area contributed by atoms with Crippen molar-refractivity contribution >= 4 is 10.1 Å². The van der Waals surface area contributed by atoms with Crippen LogP contribution in [0.3, 0.4) is 0 Å². The predicted octanol–water partition coefficient (Wildman–Crippen LogP) is 0.424. The van der Waals surface area contributed by atoms with Gasteiger partial charge < -0.3 is 5.11 Å². The van der Waals surface area contributed by atoms with Crippen molar-refractivity contribution in [3.05, 3.63) is 0 Å². The third kappa shape index (κ3) is 3.18. The number of aliphatic hydroxyl groups is 1. The molecule has 0 saturated heterocycles. The van der Waals surface area contributed by atoms with Crippen molar-refractivity contribution in [2.45, 2.75) is 38.0 Å². The average molecular weight is 182 g/mol. The van der Waals surface area contributed by atoms with E-state index in [0.29, 0.717) is 6.42 Å². The summed E-state index contributed by atoms with van der Waals surface area (Å²) in [6.07, 6.45) is -0.401. The summed E-state index contributed by atoms with van der Waals surface area (Å²) in [6.45, 7) is 3.27. The molecule has 0 radical (unpaired) electrons. The highest BCUT2D eigenvalue weighted by Crippen LogP contribution is 2.11. The van der Waals surface area contributed by atoms with Crippen molar-refractivity contribution in [3.63, 3.8) is 0 Å². The SMILES string of the molecule is CCC(O)C(CC)S(=O)(=O)O. The summed E-state index contributed by atoms with van der Waals surface area (Å²) >= 11 is 0. The minimum Gasteiger partial charge on any atom is -0.392 e. The standard InChI is InChI=1S/C6H14O4S/c1-3-5(7)6(4-2)11(8,9)10/h5-7H,3-4H2,1-2H3,(H,8,9,10). The Morgan fingerprint density at radius 1 is 1.27 bits per heavy atom. The quantitative estimate of drug-likeness (QED) is 0.618. The molecule has 2 atom stereocenters. The van der Waals surface area contributed by atoms with E-state index < -0.39 is 21.5 Å². The number of hydrogen-bond donors (Lipinski definition) is 2. The van der Waals surface area contributed by atoms with Crippen LogP contribution in [0, 0.1) is 0 Å². The molecule has 2 N–H and O–H groups in total. The summed E-state index contributed by atoms with van der Waals surface area (Å²) in [5, 5.41) is 8.08. The molecule has 11 heavy (non-hydrogen) atoms. The average Bonchev–Trinajstić information content (AvgIpc) is 1.86. The van der Waals surface area contributed by atoms with E-state index in [0.717, 1.165) is 0 Å². The summed E-state index contributed by atoms with van der Waals surface area (Å²) in [7, 11) is -4.08. The van der Waals surface area contributed by atoms with E-state index in [1.807, 2.05) is 0 Å². The van der Waals surface area contributed by atoms with Crippen LogP contribution in [0.1, 0.15) is 26.7 Å². The molecular formula is C6H14O4S. The fourth-order valence-electron chi connectivity index (χ4n) is 0.944. The molecule has 4 nitrogen and oxygen atoms in total. The third-order valence-electron chi connectivity index (χ3n) is 1.63. The Morgan fingerprint density at radius 3 is 1.82 bits per heavy atom. The van der Waals surface area contributed by atoms with E-state index in [2.05, 4.69) is 0 Å². The van der Waals surface area contributed by atoms with Crippen LogP contribution in [0.2, 0.25) is 0 Å². The Labute approximate surface area is 67.0 Å². The molecule has 0 aliphatic carbocycles. The van der Waals surface area contributed by atoms with Crippen molar-refractivity contribution in [2.75, 3.05) is 0 Å². The maximum Gasteiger partial charge on any atom is 0.270 e. The van der Waals surface area contributed by atoms with Gasteiger partial charge in [0, 0.05) is 0 Å².